The van der Waals surface area contributed by atoms with E-state index in [1.807, 2.05) is 0 Å². The maximum Gasteiger partial charge on any atom is 0.343 e. The molecule has 0 spiro atoms. The summed E-state index contributed by atoms with van der Waals surface area (Å²) in [7, 11) is 2.80. The molecule has 126 valence electrons. The van der Waals surface area contributed by atoms with Gasteiger partial charge in [-0.1, -0.05) is 29.3 Å². The smallest absolute Gasteiger partial charge is 0.343 e. The Morgan fingerprint density at radius 3 is 2.29 bits per heavy atom. The van der Waals surface area contributed by atoms with Gasteiger partial charge in [0.25, 0.3) is 0 Å². The molecule has 0 saturated carbocycles. The van der Waals surface area contributed by atoms with E-state index < -0.39 is 5.97 Å². The average Bonchev–Trinajstić information content (AvgIpc) is 2.59. The minimum Gasteiger partial charge on any atom is -0.493 e. The molecule has 0 aliphatic rings. The quantitative estimate of drug-likeness (QED) is 0.565. The van der Waals surface area contributed by atoms with Crippen LogP contribution in [-0.2, 0) is 11.3 Å². The molecule has 0 amide bonds. The van der Waals surface area contributed by atoms with Crippen molar-refractivity contribution in [2.75, 3.05) is 14.2 Å². The van der Waals surface area contributed by atoms with E-state index in [4.69, 9.17) is 37.4 Å². The Bertz CT molecular complexity index is 754. The summed E-state index contributed by atoms with van der Waals surface area (Å²) in [6, 6.07) is 7.95. The van der Waals surface area contributed by atoms with E-state index in [0.29, 0.717) is 27.6 Å². The van der Waals surface area contributed by atoms with Crippen LogP contribution in [0.3, 0.4) is 0 Å². The van der Waals surface area contributed by atoms with Gasteiger partial charge >= 0.3 is 5.97 Å². The number of benzene rings is 2. The van der Waals surface area contributed by atoms with Crippen LogP contribution in [0.4, 0.5) is 0 Å². The van der Waals surface area contributed by atoms with Crippen molar-refractivity contribution in [1.29, 1.82) is 0 Å². The zero-order valence-corrected chi connectivity index (χ0v) is 14.5. The second-order valence-electron chi connectivity index (χ2n) is 4.66. The molecular formula is C17H14Cl2O5. The Morgan fingerprint density at radius 2 is 1.75 bits per heavy atom. The first-order valence-electron chi connectivity index (χ1n) is 6.83. The fourth-order valence-corrected chi connectivity index (χ4v) is 2.64. The summed E-state index contributed by atoms with van der Waals surface area (Å²) in [5.41, 5.74) is 0.585. The maximum atomic E-state index is 12.5. The van der Waals surface area contributed by atoms with Crippen LogP contribution in [0.15, 0.2) is 30.3 Å². The monoisotopic (exact) mass is 368 g/mol. The average molecular weight is 369 g/mol. The fraction of sp³-hybridized carbons (Fsp3) is 0.176. The SMILES string of the molecule is COc1ccc(C=O)c(C(=O)OCc2c(Cl)cccc2Cl)c1OC. The number of halogens is 2. The number of esters is 1. The van der Waals surface area contributed by atoms with Crippen LogP contribution in [-0.4, -0.2) is 26.5 Å². The molecule has 0 unspecified atom stereocenters. The predicted octanol–water partition coefficient (Wildman–Crippen LogP) is 4.18. The normalized spacial score (nSPS) is 10.2. The molecule has 7 heteroatoms. The van der Waals surface area contributed by atoms with E-state index >= 15 is 0 Å². The van der Waals surface area contributed by atoms with Gasteiger partial charge < -0.3 is 14.2 Å². The summed E-state index contributed by atoms with van der Waals surface area (Å²) in [6.07, 6.45) is 0.543. The summed E-state index contributed by atoms with van der Waals surface area (Å²) in [5.74, 6) is -0.313. The Morgan fingerprint density at radius 1 is 1.08 bits per heavy atom. The van der Waals surface area contributed by atoms with Crippen molar-refractivity contribution in [2.24, 2.45) is 0 Å². The third-order valence-corrected chi connectivity index (χ3v) is 4.03. The summed E-state index contributed by atoms with van der Waals surface area (Å²) < 4.78 is 15.6. The summed E-state index contributed by atoms with van der Waals surface area (Å²) in [4.78, 5) is 23.7. The van der Waals surface area contributed by atoms with Crippen LogP contribution in [0.25, 0.3) is 0 Å². The Hall–Kier alpha value is -2.24. The van der Waals surface area contributed by atoms with Gasteiger partial charge in [-0.15, -0.1) is 0 Å². The third-order valence-electron chi connectivity index (χ3n) is 3.32. The van der Waals surface area contributed by atoms with Gasteiger partial charge in [-0.25, -0.2) is 4.79 Å². The van der Waals surface area contributed by atoms with Gasteiger partial charge in [0.05, 0.1) is 14.2 Å². The van der Waals surface area contributed by atoms with Gasteiger partial charge in [-0.3, -0.25) is 4.79 Å². The van der Waals surface area contributed by atoms with Crippen LogP contribution in [0.2, 0.25) is 10.0 Å². The summed E-state index contributed by atoms with van der Waals surface area (Å²) >= 11 is 12.1. The second-order valence-corrected chi connectivity index (χ2v) is 5.47. The highest BCUT2D eigenvalue weighted by Crippen LogP contribution is 2.34. The molecule has 0 heterocycles. The van der Waals surface area contributed by atoms with E-state index in [-0.39, 0.29) is 23.5 Å². The van der Waals surface area contributed by atoms with E-state index in [1.54, 1.807) is 18.2 Å². The number of ether oxygens (including phenoxy) is 3. The van der Waals surface area contributed by atoms with E-state index in [9.17, 15) is 9.59 Å². The van der Waals surface area contributed by atoms with E-state index in [0.717, 1.165) is 0 Å². The maximum absolute atomic E-state index is 12.5. The summed E-state index contributed by atoms with van der Waals surface area (Å²) in [6.45, 7) is -0.143. The Labute approximate surface area is 149 Å². The fourth-order valence-electron chi connectivity index (χ4n) is 2.13. The van der Waals surface area contributed by atoms with Crippen molar-refractivity contribution < 1.29 is 23.8 Å². The minimum absolute atomic E-state index is 0.0185. The molecule has 2 rings (SSSR count). The van der Waals surface area contributed by atoms with Crippen molar-refractivity contribution >= 4 is 35.5 Å². The Balaban J connectivity index is 2.34. The lowest BCUT2D eigenvalue weighted by Gasteiger charge is -2.14. The lowest BCUT2D eigenvalue weighted by Crippen LogP contribution is -2.11. The zero-order valence-electron chi connectivity index (χ0n) is 13.0. The van der Waals surface area contributed by atoms with Crippen molar-refractivity contribution in [1.82, 2.24) is 0 Å². The molecule has 0 bridgehead atoms. The van der Waals surface area contributed by atoms with Gasteiger partial charge in [0, 0.05) is 21.2 Å². The third kappa shape index (κ3) is 3.63. The number of carbonyl (C=O) groups excluding carboxylic acids is 2. The lowest BCUT2D eigenvalue weighted by atomic mass is 10.1. The molecule has 0 saturated heterocycles. The number of methoxy groups -OCH3 is 2. The molecule has 2 aromatic rings. The molecule has 0 aliphatic heterocycles. The van der Waals surface area contributed by atoms with E-state index in [1.165, 1.54) is 26.4 Å². The molecule has 24 heavy (non-hydrogen) atoms. The van der Waals surface area contributed by atoms with Gasteiger partial charge in [0.15, 0.2) is 17.8 Å². The van der Waals surface area contributed by atoms with Crippen molar-refractivity contribution in [3.8, 4) is 11.5 Å². The van der Waals surface area contributed by atoms with Crippen molar-refractivity contribution in [2.45, 2.75) is 6.61 Å². The number of hydrogen-bond donors (Lipinski definition) is 0. The molecule has 0 aromatic heterocycles. The molecule has 0 N–H and O–H groups in total. The first kappa shape index (κ1) is 18.1. The van der Waals surface area contributed by atoms with Crippen LogP contribution >= 0.6 is 23.2 Å². The van der Waals surface area contributed by atoms with Gasteiger partial charge in [-0.05, 0) is 24.3 Å². The second kappa shape index (κ2) is 8.04. The zero-order chi connectivity index (χ0) is 17.7. The Kier molecular flexibility index (Phi) is 6.06. The first-order chi connectivity index (χ1) is 11.5. The van der Waals surface area contributed by atoms with E-state index in [2.05, 4.69) is 0 Å². The highest BCUT2D eigenvalue weighted by molar-refractivity contribution is 6.35. The largest absolute Gasteiger partial charge is 0.493 e. The number of aldehydes is 1. The molecular weight excluding hydrogens is 355 g/mol. The highest BCUT2D eigenvalue weighted by Gasteiger charge is 2.23. The van der Waals surface area contributed by atoms with Crippen LogP contribution in [0.1, 0.15) is 26.3 Å². The van der Waals surface area contributed by atoms with Gasteiger partial charge in [0.2, 0.25) is 0 Å². The first-order valence-corrected chi connectivity index (χ1v) is 7.59. The lowest BCUT2D eigenvalue weighted by molar-refractivity contribution is 0.0466. The van der Waals surface area contributed by atoms with Crippen LogP contribution in [0.5, 0.6) is 11.5 Å². The minimum atomic E-state index is -0.746. The van der Waals surface area contributed by atoms with Gasteiger partial charge in [0.1, 0.15) is 12.2 Å². The topological polar surface area (TPSA) is 61.8 Å². The van der Waals surface area contributed by atoms with Crippen LogP contribution < -0.4 is 9.47 Å². The number of rotatable bonds is 6. The standard InChI is InChI=1S/C17H14Cl2O5/c1-22-14-7-6-10(8-20)15(16(14)23-2)17(21)24-9-11-12(18)4-3-5-13(11)19/h3-8H,9H2,1-2H3. The molecule has 0 atom stereocenters. The predicted molar refractivity (Wildman–Crippen MR) is 90.5 cm³/mol. The van der Waals surface area contributed by atoms with Gasteiger partial charge in [-0.2, -0.15) is 0 Å². The van der Waals surface area contributed by atoms with Crippen molar-refractivity contribution in [3.63, 3.8) is 0 Å². The molecule has 0 aliphatic carbocycles. The molecule has 2 aromatic carbocycles. The number of hydrogen-bond acceptors (Lipinski definition) is 5. The molecule has 5 nitrogen and oxygen atoms in total. The number of carbonyl (C=O) groups is 2. The molecule has 0 fully saturated rings. The highest BCUT2D eigenvalue weighted by atomic mass is 35.5. The van der Waals surface area contributed by atoms with Crippen LogP contribution in [0, 0.1) is 0 Å². The summed E-state index contributed by atoms with van der Waals surface area (Å²) in [5, 5.41) is 0.757. The molecule has 0 radical (unpaired) electrons. The van der Waals surface area contributed by atoms with Crippen molar-refractivity contribution in [3.05, 3.63) is 57.1 Å².